The Kier molecular flexibility index (Phi) is 3.08. The van der Waals surface area contributed by atoms with Crippen LogP contribution in [0.3, 0.4) is 0 Å². The highest BCUT2D eigenvalue weighted by Crippen LogP contribution is 2.13. The zero-order valence-electron chi connectivity index (χ0n) is 9.50. The molecule has 2 amide bonds. The number of nitrogens with one attached hydrogen (secondary N) is 1. The van der Waals surface area contributed by atoms with Crippen molar-refractivity contribution in [3.05, 3.63) is 35.1 Å². The van der Waals surface area contributed by atoms with E-state index in [1.165, 1.54) is 17.0 Å². The Balaban J connectivity index is 2.24. The van der Waals surface area contributed by atoms with Gasteiger partial charge in [-0.2, -0.15) is 0 Å². The van der Waals surface area contributed by atoms with Crippen molar-refractivity contribution in [2.45, 2.75) is 6.92 Å². The molecule has 0 aromatic heterocycles. The number of halogens is 1. The topological polar surface area (TPSA) is 49.4 Å². The van der Waals surface area contributed by atoms with Gasteiger partial charge in [0.2, 0.25) is 5.91 Å². The van der Waals surface area contributed by atoms with E-state index in [4.69, 9.17) is 0 Å². The Hall–Kier alpha value is -1.91. The molecule has 90 valence electrons. The van der Waals surface area contributed by atoms with Crippen LogP contribution in [0.15, 0.2) is 18.2 Å². The lowest BCUT2D eigenvalue weighted by Gasteiger charge is -2.26. The SMILES string of the molecule is Cc1ccc(F)c(C(=O)N2CCNC(=O)C2)c1. The predicted molar refractivity (Wildman–Crippen MR) is 60.1 cm³/mol. The lowest BCUT2D eigenvalue weighted by atomic mass is 10.1. The molecule has 1 aromatic rings. The summed E-state index contributed by atoms with van der Waals surface area (Å²) in [6.07, 6.45) is 0. The molecule has 1 fully saturated rings. The average Bonchev–Trinajstić information content (AvgIpc) is 2.31. The number of hydrogen-bond donors (Lipinski definition) is 1. The molecule has 0 radical (unpaired) electrons. The Bertz CT molecular complexity index is 474. The minimum absolute atomic E-state index is 0.00772. The Morgan fingerprint density at radius 2 is 2.24 bits per heavy atom. The van der Waals surface area contributed by atoms with Gasteiger partial charge in [-0.15, -0.1) is 0 Å². The van der Waals surface area contributed by atoms with Gasteiger partial charge in [0.15, 0.2) is 0 Å². The molecule has 0 bridgehead atoms. The lowest BCUT2D eigenvalue weighted by Crippen LogP contribution is -2.50. The minimum atomic E-state index is -0.549. The van der Waals surface area contributed by atoms with E-state index in [9.17, 15) is 14.0 Å². The number of piperazine rings is 1. The van der Waals surface area contributed by atoms with Gasteiger partial charge >= 0.3 is 0 Å². The third-order valence-electron chi connectivity index (χ3n) is 2.68. The van der Waals surface area contributed by atoms with Crippen LogP contribution >= 0.6 is 0 Å². The van der Waals surface area contributed by atoms with E-state index < -0.39 is 11.7 Å². The molecule has 5 heteroatoms. The summed E-state index contributed by atoms with van der Waals surface area (Å²) in [5.74, 6) is -1.19. The highest BCUT2D eigenvalue weighted by molar-refractivity contribution is 5.97. The number of carbonyl (C=O) groups excluding carboxylic acids is 2. The van der Waals surface area contributed by atoms with Gasteiger partial charge in [-0.25, -0.2) is 4.39 Å². The summed E-state index contributed by atoms with van der Waals surface area (Å²) >= 11 is 0. The molecule has 0 atom stereocenters. The highest BCUT2D eigenvalue weighted by Gasteiger charge is 2.24. The van der Waals surface area contributed by atoms with Crippen molar-refractivity contribution < 1.29 is 14.0 Å². The summed E-state index contributed by atoms with van der Waals surface area (Å²) < 4.78 is 13.5. The van der Waals surface area contributed by atoms with Gasteiger partial charge in [0.1, 0.15) is 5.82 Å². The fourth-order valence-corrected chi connectivity index (χ4v) is 1.79. The van der Waals surface area contributed by atoms with Crippen molar-refractivity contribution in [3.63, 3.8) is 0 Å². The van der Waals surface area contributed by atoms with Crippen molar-refractivity contribution in [2.75, 3.05) is 19.6 Å². The first-order valence-corrected chi connectivity index (χ1v) is 5.40. The standard InChI is InChI=1S/C12H13FN2O2/c1-8-2-3-10(13)9(6-8)12(17)15-5-4-14-11(16)7-15/h2-3,6H,4-5,7H2,1H3,(H,14,16). The van der Waals surface area contributed by atoms with E-state index in [0.717, 1.165) is 5.56 Å². The second-order valence-electron chi connectivity index (χ2n) is 4.06. The second-order valence-corrected chi connectivity index (χ2v) is 4.06. The Morgan fingerprint density at radius 1 is 1.47 bits per heavy atom. The first kappa shape index (κ1) is 11.6. The third-order valence-corrected chi connectivity index (χ3v) is 2.68. The molecule has 0 aliphatic carbocycles. The number of benzene rings is 1. The number of hydrogen-bond acceptors (Lipinski definition) is 2. The summed E-state index contributed by atoms with van der Waals surface area (Å²) in [6, 6.07) is 4.38. The number of nitrogens with zero attached hydrogens (tertiary/aromatic N) is 1. The zero-order valence-corrected chi connectivity index (χ0v) is 9.50. The second kappa shape index (κ2) is 4.53. The van der Waals surface area contributed by atoms with Crippen LogP contribution in [0.2, 0.25) is 0 Å². The monoisotopic (exact) mass is 236 g/mol. The maximum atomic E-state index is 13.5. The molecule has 2 rings (SSSR count). The van der Waals surface area contributed by atoms with Crippen LogP contribution in [0, 0.1) is 12.7 Å². The fourth-order valence-electron chi connectivity index (χ4n) is 1.79. The quantitative estimate of drug-likeness (QED) is 0.780. The first-order valence-electron chi connectivity index (χ1n) is 5.40. The van der Waals surface area contributed by atoms with Gasteiger partial charge in [0.25, 0.3) is 5.91 Å². The van der Waals surface area contributed by atoms with Crippen LogP contribution < -0.4 is 5.32 Å². The summed E-state index contributed by atoms with van der Waals surface area (Å²) in [4.78, 5) is 24.5. The molecule has 0 saturated carbocycles. The lowest BCUT2D eigenvalue weighted by molar-refractivity contribution is -0.123. The van der Waals surface area contributed by atoms with Gasteiger partial charge < -0.3 is 10.2 Å². The van der Waals surface area contributed by atoms with Crippen LogP contribution in [0.4, 0.5) is 4.39 Å². The van der Waals surface area contributed by atoms with E-state index in [0.29, 0.717) is 13.1 Å². The molecule has 0 unspecified atom stereocenters. The van der Waals surface area contributed by atoms with E-state index in [1.807, 2.05) is 0 Å². The number of aryl methyl sites for hydroxylation is 1. The molecule has 1 aliphatic rings. The molecular weight excluding hydrogens is 223 g/mol. The summed E-state index contributed by atoms with van der Waals surface area (Å²) in [5, 5.41) is 2.62. The number of amides is 2. The fraction of sp³-hybridized carbons (Fsp3) is 0.333. The summed E-state index contributed by atoms with van der Waals surface area (Å²) in [5.41, 5.74) is 0.843. The zero-order chi connectivity index (χ0) is 12.4. The Morgan fingerprint density at radius 3 is 2.94 bits per heavy atom. The van der Waals surface area contributed by atoms with Crippen LogP contribution in [0.5, 0.6) is 0 Å². The molecule has 1 heterocycles. The molecule has 4 nitrogen and oxygen atoms in total. The van der Waals surface area contributed by atoms with Crippen LogP contribution in [0.25, 0.3) is 0 Å². The van der Waals surface area contributed by atoms with Crippen LogP contribution in [0.1, 0.15) is 15.9 Å². The van der Waals surface area contributed by atoms with Gasteiger partial charge in [-0.3, -0.25) is 9.59 Å². The van der Waals surface area contributed by atoms with Crippen LogP contribution in [-0.2, 0) is 4.79 Å². The number of carbonyl (C=O) groups is 2. The van der Waals surface area contributed by atoms with E-state index in [1.54, 1.807) is 13.0 Å². The smallest absolute Gasteiger partial charge is 0.257 e. The van der Waals surface area contributed by atoms with Crippen molar-refractivity contribution in [1.29, 1.82) is 0 Å². The van der Waals surface area contributed by atoms with Crippen LogP contribution in [-0.4, -0.2) is 36.3 Å². The molecule has 1 N–H and O–H groups in total. The molecular formula is C12H13FN2O2. The van der Waals surface area contributed by atoms with Crippen molar-refractivity contribution in [1.82, 2.24) is 10.2 Å². The minimum Gasteiger partial charge on any atom is -0.353 e. The van der Waals surface area contributed by atoms with E-state index in [2.05, 4.69) is 5.32 Å². The van der Waals surface area contributed by atoms with Crippen molar-refractivity contribution in [2.24, 2.45) is 0 Å². The Labute approximate surface area is 98.4 Å². The predicted octanol–water partition coefficient (Wildman–Crippen LogP) is 0.706. The normalized spacial score (nSPS) is 15.6. The van der Waals surface area contributed by atoms with Gasteiger partial charge in [-0.05, 0) is 19.1 Å². The molecule has 17 heavy (non-hydrogen) atoms. The molecule has 1 saturated heterocycles. The van der Waals surface area contributed by atoms with Gasteiger partial charge in [0, 0.05) is 13.1 Å². The average molecular weight is 236 g/mol. The first-order chi connectivity index (χ1) is 8.08. The molecule has 0 spiro atoms. The molecule has 1 aliphatic heterocycles. The molecule has 1 aromatic carbocycles. The summed E-state index contributed by atoms with van der Waals surface area (Å²) in [7, 11) is 0. The third kappa shape index (κ3) is 2.43. The van der Waals surface area contributed by atoms with Crippen molar-refractivity contribution in [3.8, 4) is 0 Å². The van der Waals surface area contributed by atoms with Gasteiger partial charge in [-0.1, -0.05) is 11.6 Å². The van der Waals surface area contributed by atoms with E-state index >= 15 is 0 Å². The maximum absolute atomic E-state index is 13.5. The maximum Gasteiger partial charge on any atom is 0.257 e. The summed E-state index contributed by atoms with van der Waals surface area (Å²) in [6.45, 7) is 2.61. The van der Waals surface area contributed by atoms with Crippen molar-refractivity contribution >= 4 is 11.8 Å². The number of rotatable bonds is 1. The van der Waals surface area contributed by atoms with Gasteiger partial charge in [0.05, 0.1) is 12.1 Å². The van der Waals surface area contributed by atoms with E-state index in [-0.39, 0.29) is 18.0 Å². The largest absolute Gasteiger partial charge is 0.353 e. The highest BCUT2D eigenvalue weighted by atomic mass is 19.1.